The number of hydrogen-bond acceptors (Lipinski definition) is 4. The molecule has 164 valence electrons. The number of hydrogen-bond donors (Lipinski definition) is 2. The molecule has 3 N–H and O–H groups in total. The van der Waals surface area contributed by atoms with Crippen molar-refractivity contribution in [2.45, 2.75) is 45.2 Å². The molecule has 1 aliphatic rings. The van der Waals surface area contributed by atoms with Crippen molar-refractivity contribution in [3.63, 3.8) is 0 Å². The Balaban J connectivity index is 1.45. The zero-order chi connectivity index (χ0) is 21.9. The second-order valence-electron chi connectivity index (χ2n) is 8.68. The molecule has 2 aromatic heterocycles. The van der Waals surface area contributed by atoms with Gasteiger partial charge in [-0.1, -0.05) is 55.7 Å². The molecule has 3 heterocycles. The lowest BCUT2D eigenvalue weighted by molar-refractivity contribution is 0.577. The fraction of sp³-hybridized carbons (Fsp3) is 0.333. The van der Waals surface area contributed by atoms with Gasteiger partial charge in [0.1, 0.15) is 0 Å². The molecule has 0 atom stereocenters. The van der Waals surface area contributed by atoms with E-state index in [1.165, 1.54) is 42.2 Å². The van der Waals surface area contributed by atoms with E-state index in [1.807, 2.05) is 34.9 Å². The van der Waals surface area contributed by atoms with E-state index < -0.39 is 0 Å². The molecular formula is C27H30N4O. The van der Waals surface area contributed by atoms with Crippen LogP contribution in [0, 0.1) is 0 Å². The lowest BCUT2D eigenvalue weighted by Gasteiger charge is -2.13. The van der Waals surface area contributed by atoms with Crippen LogP contribution in [0.2, 0.25) is 0 Å². The fourth-order valence-corrected chi connectivity index (χ4v) is 4.85. The Morgan fingerprint density at radius 1 is 0.938 bits per heavy atom. The summed E-state index contributed by atoms with van der Waals surface area (Å²) in [6, 6.07) is 18.3. The molecule has 5 heteroatoms. The SMILES string of the molecule is NCCCCCCCNCc1c2c(nc3ccccc13)-c1cc3ccccc3c(=O)n1C2. The van der Waals surface area contributed by atoms with Gasteiger partial charge in [0.05, 0.1) is 23.4 Å². The molecule has 0 bridgehead atoms. The van der Waals surface area contributed by atoms with Gasteiger partial charge in [0.25, 0.3) is 5.56 Å². The van der Waals surface area contributed by atoms with Crippen LogP contribution in [0.15, 0.2) is 59.4 Å². The van der Waals surface area contributed by atoms with Crippen LogP contribution in [-0.4, -0.2) is 22.6 Å². The van der Waals surface area contributed by atoms with Crippen molar-refractivity contribution in [3.8, 4) is 11.4 Å². The van der Waals surface area contributed by atoms with Gasteiger partial charge in [-0.15, -0.1) is 0 Å². The third-order valence-corrected chi connectivity index (χ3v) is 6.55. The van der Waals surface area contributed by atoms with Crippen molar-refractivity contribution in [1.29, 1.82) is 0 Å². The summed E-state index contributed by atoms with van der Waals surface area (Å²) < 4.78 is 1.89. The average Bonchev–Trinajstić information content (AvgIpc) is 3.19. The second-order valence-corrected chi connectivity index (χ2v) is 8.68. The molecule has 5 rings (SSSR count). The average molecular weight is 427 g/mol. The summed E-state index contributed by atoms with van der Waals surface area (Å²) in [7, 11) is 0. The maximum absolute atomic E-state index is 13.2. The van der Waals surface area contributed by atoms with Crippen LogP contribution in [-0.2, 0) is 13.1 Å². The summed E-state index contributed by atoms with van der Waals surface area (Å²) in [5, 5.41) is 6.56. The second kappa shape index (κ2) is 9.23. The molecule has 1 aliphatic heterocycles. The topological polar surface area (TPSA) is 72.9 Å². The van der Waals surface area contributed by atoms with Gasteiger partial charge in [-0.05, 0) is 55.1 Å². The molecule has 4 aromatic rings. The van der Waals surface area contributed by atoms with Crippen molar-refractivity contribution in [3.05, 3.63) is 76.1 Å². The van der Waals surface area contributed by atoms with Gasteiger partial charge in [0, 0.05) is 22.9 Å². The van der Waals surface area contributed by atoms with E-state index in [0.717, 1.165) is 53.7 Å². The first kappa shape index (κ1) is 20.9. The summed E-state index contributed by atoms with van der Waals surface area (Å²) in [5.41, 5.74) is 10.9. The smallest absolute Gasteiger partial charge is 0.259 e. The van der Waals surface area contributed by atoms with Crippen molar-refractivity contribution in [1.82, 2.24) is 14.9 Å². The molecule has 0 radical (unpaired) electrons. The normalized spacial score (nSPS) is 12.4. The van der Waals surface area contributed by atoms with Crippen molar-refractivity contribution >= 4 is 21.7 Å². The number of benzene rings is 2. The van der Waals surface area contributed by atoms with Gasteiger partial charge in [-0.3, -0.25) is 4.79 Å². The van der Waals surface area contributed by atoms with Crippen LogP contribution in [0.5, 0.6) is 0 Å². The number of para-hydroxylation sites is 1. The molecule has 5 nitrogen and oxygen atoms in total. The largest absolute Gasteiger partial charge is 0.330 e. The first-order valence-corrected chi connectivity index (χ1v) is 11.7. The highest BCUT2D eigenvalue weighted by molar-refractivity contribution is 5.91. The summed E-state index contributed by atoms with van der Waals surface area (Å²) in [6.45, 7) is 3.16. The van der Waals surface area contributed by atoms with Gasteiger partial charge in [-0.2, -0.15) is 0 Å². The van der Waals surface area contributed by atoms with Gasteiger partial charge in [0.15, 0.2) is 0 Å². The summed E-state index contributed by atoms with van der Waals surface area (Å²) >= 11 is 0. The van der Waals surface area contributed by atoms with E-state index in [9.17, 15) is 4.79 Å². The third kappa shape index (κ3) is 3.83. The monoisotopic (exact) mass is 426 g/mol. The highest BCUT2D eigenvalue weighted by atomic mass is 16.1. The minimum absolute atomic E-state index is 0.0662. The molecule has 0 saturated carbocycles. The lowest BCUT2D eigenvalue weighted by atomic mass is 10.00. The van der Waals surface area contributed by atoms with Gasteiger partial charge < -0.3 is 15.6 Å². The predicted molar refractivity (Wildman–Crippen MR) is 132 cm³/mol. The van der Waals surface area contributed by atoms with Crippen molar-refractivity contribution in [2.75, 3.05) is 13.1 Å². The first-order valence-electron chi connectivity index (χ1n) is 11.7. The van der Waals surface area contributed by atoms with E-state index in [-0.39, 0.29) is 5.56 Å². The van der Waals surface area contributed by atoms with E-state index in [2.05, 4.69) is 29.6 Å². The summed E-state index contributed by atoms with van der Waals surface area (Å²) in [6.07, 6.45) is 5.99. The zero-order valence-corrected chi connectivity index (χ0v) is 18.4. The van der Waals surface area contributed by atoms with Crippen LogP contribution >= 0.6 is 0 Å². The first-order chi connectivity index (χ1) is 15.8. The molecular weight excluding hydrogens is 396 g/mol. The van der Waals surface area contributed by atoms with E-state index in [0.29, 0.717) is 6.54 Å². The van der Waals surface area contributed by atoms with E-state index >= 15 is 0 Å². The Kier molecular flexibility index (Phi) is 6.02. The minimum atomic E-state index is 0.0662. The highest BCUT2D eigenvalue weighted by Gasteiger charge is 2.26. The number of nitrogens with zero attached hydrogens (tertiary/aromatic N) is 2. The summed E-state index contributed by atoms with van der Waals surface area (Å²) in [4.78, 5) is 18.2. The van der Waals surface area contributed by atoms with Crippen LogP contribution < -0.4 is 16.6 Å². The predicted octanol–water partition coefficient (Wildman–Crippen LogP) is 4.58. The third-order valence-electron chi connectivity index (χ3n) is 6.55. The molecule has 2 aromatic carbocycles. The number of nitrogens with one attached hydrogen (secondary N) is 1. The fourth-order valence-electron chi connectivity index (χ4n) is 4.85. The van der Waals surface area contributed by atoms with Gasteiger partial charge >= 0.3 is 0 Å². The lowest BCUT2D eigenvalue weighted by Crippen LogP contribution is -2.20. The molecule has 0 amide bonds. The number of pyridine rings is 2. The number of nitrogens with two attached hydrogens (primary N) is 1. The van der Waals surface area contributed by atoms with Crippen LogP contribution in [0.3, 0.4) is 0 Å². The molecule has 0 unspecified atom stereocenters. The Labute approximate surface area is 188 Å². The van der Waals surface area contributed by atoms with E-state index in [4.69, 9.17) is 10.7 Å². The molecule has 0 fully saturated rings. The molecule has 0 aliphatic carbocycles. The van der Waals surface area contributed by atoms with Crippen LogP contribution in [0.1, 0.15) is 43.2 Å². The van der Waals surface area contributed by atoms with Crippen molar-refractivity contribution in [2.24, 2.45) is 5.73 Å². The molecule has 32 heavy (non-hydrogen) atoms. The maximum Gasteiger partial charge on any atom is 0.259 e. The number of unbranched alkanes of at least 4 members (excludes halogenated alkanes) is 4. The Hall–Kier alpha value is -3.02. The van der Waals surface area contributed by atoms with Gasteiger partial charge in [-0.25, -0.2) is 4.98 Å². The minimum Gasteiger partial charge on any atom is -0.330 e. The molecule has 0 saturated heterocycles. The Morgan fingerprint density at radius 2 is 1.69 bits per heavy atom. The Morgan fingerprint density at radius 3 is 2.56 bits per heavy atom. The number of rotatable bonds is 9. The maximum atomic E-state index is 13.2. The Bertz CT molecular complexity index is 1320. The zero-order valence-electron chi connectivity index (χ0n) is 18.4. The van der Waals surface area contributed by atoms with Crippen LogP contribution in [0.25, 0.3) is 33.1 Å². The standard InChI is InChI=1S/C27H30N4O/c28-14-8-2-1-3-9-15-29-17-22-21-12-6-7-13-24(21)30-26-23(22)18-31-25(26)16-19-10-4-5-11-20(19)27(31)32/h4-7,10-13,16,29H,1-3,8-9,14-15,17-18,28H2. The highest BCUT2D eigenvalue weighted by Crippen LogP contribution is 2.36. The van der Waals surface area contributed by atoms with Crippen LogP contribution in [0.4, 0.5) is 0 Å². The quantitative estimate of drug-likeness (QED) is 0.339. The van der Waals surface area contributed by atoms with Gasteiger partial charge in [0.2, 0.25) is 0 Å². The number of aromatic nitrogens is 2. The summed E-state index contributed by atoms with van der Waals surface area (Å²) in [5.74, 6) is 0. The number of fused-ring (bicyclic) bond motifs is 5. The molecule has 0 spiro atoms. The van der Waals surface area contributed by atoms with Crippen molar-refractivity contribution < 1.29 is 0 Å². The van der Waals surface area contributed by atoms with E-state index in [1.54, 1.807) is 0 Å².